The summed E-state index contributed by atoms with van der Waals surface area (Å²) in [7, 11) is 3.78. The summed E-state index contributed by atoms with van der Waals surface area (Å²) in [6.07, 6.45) is 1.68. The van der Waals surface area contributed by atoms with Gasteiger partial charge in [-0.05, 0) is 73.0 Å². The Morgan fingerprint density at radius 1 is 0.972 bits per heavy atom. The van der Waals surface area contributed by atoms with E-state index in [4.69, 9.17) is 4.74 Å². The molecule has 0 unspecified atom stereocenters. The van der Waals surface area contributed by atoms with Crippen molar-refractivity contribution in [1.82, 2.24) is 4.90 Å². The van der Waals surface area contributed by atoms with Crippen LogP contribution < -0.4 is 10.2 Å². The molecule has 36 heavy (non-hydrogen) atoms. The molecule has 0 saturated carbocycles. The molecule has 1 fully saturated rings. The fraction of sp³-hybridized carbons (Fsp3) is 0.286. The van der Waals surface area contributed by atoms with Crippen LogP contribution in [-0.4, -0.2) is 50.1 Å². The van der Waals surface area contributed by atoms with E-state index in [0.29, 0.717) is 18.8 Å². The van der Waals surface area contributed by atoms with E-state index in [9.17, 15) is 18.4 Å². The lowest BCUT2D eigenvalue weighted by atomic mass is 10.1. The number of halogens is 2. The summed E-state index contributed by atoms with van der Waals surface area (Å²) in [6.45, 7) is 1.24. The van der Waals surface area contributed by atoms with E-state index in [2.05, 4.69) is 5.32 Å². The molecule has 2 amide bonds. The summed E-state index contributed by atoms with van der Waals surface area (Å²) in [5, 5.41) is 2.80. The van der Waals surface area contributed by atoms with Gasteiger partial charge in [-0.25, -0.2) is 8.78 Å². The van der Waals surface area contributed by atoms with E-state index < -0.39 is 17.5 Å². The van der Waals surface area contributed by atoms with Gasteiger partial charge in [0, 0.05) is 56.3 Å². The van der Waals surface area contributed by atoms with Gasteiger partial charge in [0.25, 0.3) is 11.8 Å². The zero-order chi connectivity index (χ0) is 25.7. The minimum Gasteiger partial charge on any atom is -0.377 e. The third-order valence-corrected chi connectivity index (χ3v) is 6.07. The maximum absolute atomic E-state index is 13.9. The van der Waals surface area contributed by atoms with Crippen molar-refractivity contribution in [3.05, 3.63) is 95.1 Å². The molecule has 0 bridgehead atoms. The molecule has 1 atom stereocenters. The fourth-order valence-electron chi connectivity index (χ4n) is 4.32. The summed E-state index contributed by atoms with van der Waals surface area (Å²) in [4.78, 5) is 29.7. The lowest BCUT2D eigenvalue weighted by molar-refractivity contribution is 0.0507. The minimum absolute atomic E-state index is 0.0961. The zero-order valence-corrected chi connectivity index (χ0v) is 20.3. The number of carbonyl (C=O) groups is 2. The SMILES string of the molecule is CN(C)c1ccc(NC(=O)c2cccc(F)c2)cc1CN(C[C@@H]1CCCO1)C(=O)c1cccc(F)c1. The standard InChI is InChI=1S/C28H29F2N3O3/c1-32(2)26-12-11-24(31-27(34)19-6-3-8-22(29)14-19)16-21(26)17-33(18-25-10-5-13-36-25)28(35)20-7-4-9-23(30)15-20/h3-4,6-9,11-12,14-16,25H,5,10,13,17-18H2,1-2H3,(H,31,34)/t25-/m0/s1. The van der Waals surface area contributed by atoms with E-state index in [1.54, 1.807) is 23.1 Å². The molecule has 4 rings (SSSR count). The van der Waals surface area contributed by atoms with Gasteiger partial charge in [-0.2, -0.15) is 0 Å². The van der Waals surface area contributed by atoms with Crippen molar-refractivity contribution in [3.8, 4) is 0 Å². The van der Waals surface area contributed by atoms with Crippen LogP contribution in [0, 0.1) is 11.6 Å². The van der Waals surface area contributed by atoms with Gasteiger partial charge in [-0.3, -0.25) is 9.59 Å². The number of rotatable bonds is 8. The lowest BCUT2D eigenvalue weighted by Gasteiger charge is -2.28. The first-order valence-electron chi connectivity index (χ1n) is 11.8. The maximum atomic E-state index is 13.9. The van der Waals surface area contributed by atoms with Crippen molar-refractivity contribution in [3.63, 3.8) is 0 Å². The molecular weight excluding hydrogens is 464 g/mol. The van der Waals surface area contributed by atoms with E-state index >= 15 is 0 Å². The van der Waals surface area contributed by atoms with E-state index in [1.165, 1.54) is 42.5 Å². The molecule has 1 N–H and O–H groups in total. The molecule has 0 spiro atoms. The van der Waals surface area contributed by atoms with Crippen LogP contribution in [0.1, 0.15) is 39.1 Å². The predicted octanol–water partition coefficient (Wildman–Crippen LogP) is 5.10. The van der Waals surface area contributed by atoms with Crippen molar-refractivity contribution in [1.29, 1.82) is 0 Å². The topological polar surface area (TPSA) is 61.9 Å². The Morgan fingerprint density at radius 2 is 1.67 bits per heavy atom. The maximum Gasteiger partial charge on any atom is 0.255 e. The molecule has 1 heterocycles. The highest BCUT2D eigenvalue weighted by molar-refractivity contribution is 6.04. The number of nitrogens with one attached hydrogen (secondary N) is 1. The van der Waals surface area contributed by atoms with E-state index in [-0.39, 0.29) is 29.7 Å². The number of benzene rings is 3. The highest BCUT2D eigenvalue weighted by Crippen LogP contribution is 2.27. The Hall–Kier alpha value is -3.78. The second-order valence-corrected chi connectivity index (χ2v) is 9.03. The zero-order valence-electron chi connectivity index (χ0n) is 20.3. The first kappa shape index (κ1) is 25.3. The number of hydrogen-bond donors (Lipinski definition) is 1. The van der Waals surface area contributed by atoms with Crippen LogP contribution in [0.4, 0.5) is 20.2 Å². The second kappa shape index (κ2) is 11.3. The van der Waals surface area contributed by atoms with Gasteiger partial charge in [0.15, 0.2) is 0 Å². The molecule has 8 heteroatoms. The smallest absolute Gasteiger partial charge is 0.255 e. The van der Waals surface area contributed by atoms with Gasteiger partial charge in [0.05, 0.1) is 6.10 Å². The van der Waals surface area contributed by atoms with Gasteiger partial charge in [0.2, 0.25) is 0 Å². The van der Waals surface area contributed by atoms with Gasteiger partial charge < -0.3 is 19.9 Å². The van der Waals surface area contributed by atoms with Crippen molar-refractivity contribution < 1.29 is 23.1 Å². The van der Waals surface area contributed by atoms with Crippen LogP contribution in [0.15, 0.2) is 66.7 Å². The largest absolute Gasteiger partial charge is 0.377 e. The highest BCUT2D eigenvalue weighted by atomic mass is 19.1. The number of hydrogen-bond acceptors (Lipinski definition) is 4. The molecule has 3 aromatic rings. The highest BCUT2D eigenvalue weighted by Gasteiger charge is 2.25. The Kier molecular flexibility index (Phi) is 7.95. The van der Waals surface area contributed by atoms with Crippen LogP contribution in [0.25, 0.3) is 0 Å². The van der Waals surface area contributed by atoms with Crippen LogP contribution in [0.2, 0.25) is 0 Å². The molecule has 3 aromatic carbocycles. The average molecular weight is 494 g/mol. The predicted molar refractivity (Wildman–Crippen MR) is 135 cm³/mol. The number of nitrogens with zero attached hydrogens (tertiary/aromatic N) is 2. The monoisotopic (exact) mass is 493 g/mol. The van der Waals surface area contributed by atoms with Gasteiger partial charge in [0.1, 0.15) is 11.6 Å². The summed E-state index contributed by atoms with van der Waals surface area (Å²) in [5.74, 6) is -1.71. The molecular formula is C28H29F2N3O3. The molecule has 0 aliphatic carbocycles. The summed E-state index contributed by atoms with van der Waals surface area (Å²) in [5.41, 5.74) is 2.63. The molecule has 0 aromatic heterocycles. The Labute approximate surface area is 209 Å². The first-order valence-corrected chi connectivity index (χ1v) is 11.8. The molecule has 6 nitrogen and oxygen atoms in total. The molecule has 1 aliphatic heterocycles. The van der Waals surface area contributed by atoms with Gasteiger partial charge in [-0.15, -0.1) is 0 Å². The number of amides is 2. The van der Waals surface area contributed by atoms with Crippen LogP contribution in [-0.2, 0) is 11.3 Å². The van der Waals surface area contributed by atoms with Crippen LogP contribution in [0.5, 0.6) is 0 Å². The normalized spacial score (nSPS) is 14.9. The first-order chi connectivity index (χ1) is 17.3. The fourth-order valence-corrected chi connectivity index (χ4v) is 4.32. The van der Waals surface area contributed by atoms with Crippen LogP contribution >= 0.6 is 0 Å². The number of carbonyl (C=O) groups excluding carboxylic acids is 2. The third kappa shape index (κ3) is 6.26. The van der Waals surface area contributed by atoms with Gasteiger partial charge in [-0.1, -0.05) is 12.1 Å². The minimum atomic E-state index is -0.494. The lowest BCUT2D eigenvalue weighted by Crippen LogP contribution is -2.37. The summed E-state index contributed by atoms with van der Waals surface area (Å²) in [6, 6.07) is 16.5. The average Bonchev–Trinajstić information content (AvgIpc) is 3.36. The van der Waals surface area contributed by atoms with Crippen molar-refractivity contribution in [2.45, 2.75) is 25.5 Å². The van der Waals surface area contributed by atoms with Crippen molar-refractivity contribution in [2.24, 2.45) is 0 Å². The summed E-state index contributed by atoms with van der Waals surface area (Å²) >= 11 is 0. The molecule has 1 aliphatic rings. The van der Waals surface area contributed by atoms with E-state index in [1.807, 2.05) is 25.1 Å². The second-order valence-electron chi connectivity index (χ2n) is 9.03. The quantitative estimate of drug-likeness (QED) is 0.474. The van der Waals surface area contributed by atoms with Crippen molar-refractivity contribution >= 4 is 23.2 Å². The molecule has 0 radical (unpaired) electrons. The molecule has 188 valence electrons. The summed E-state index contributed by atoms with van der Waals surface area (Å²) < 4.78 is 33.2. The number of anilines is 2. The Morgan fingerprint density at radius 3 is 2.31 bits per heavy atom. The van der Waals surface area contributed by atoms with Gasteiger partial charge >= 0.3 is 0 Å². The Balaban J connectivity index is 1.62. The number of ether oxygens (including phenoxy) is 1. The van der Waals surface area contributed by atoms with Crippen LogP contribution in [0.3, 0.4) is 0 Å². The Bertz CT molecular complexity index is 1240. The third-order valence-electron chi connectivity index (χ3n) is 6.07. The molecule has 1 saturated heterocycles. The van der Waals surface area contributed by atoms with E-state index in [0.717, 1.165) is 24.1 Å². The van der Waals surface area contributed by atoms with Crippen molar-refractivity contribution in [2.75, 3.05) is 37.5 Å².